The molecule has 0 unspecified atom stereocenters. The molecule has 2 amide bonds. The van der Waals surface area contributed by atoms with Crippen molar-refractivity contribution in [3.05, 3.63) is 84.2 Å². The number of nitrogens with zero attached hydrogens (tertiary/aromatic N) is 4. The Morgan fingerprint density at radius 1 is 0.903 bits per heavy atom. The van der Waals surface area contributed by atoms with Crippen LogP contribution >= 0.6 is 0 Å². The molecule has 0 aliphatic carbocycles. The number of amides is 2. The summed E-state index contributed by atoms with van der Waals surface area (Å²) in [6.45, 7) is 5.83. The van der Waals surface area contributed by atoms with E-state index in [4.69, 9.17) is 0 Å². The Hall–Kier alpha value is -4.20. The molecule has 0 saturated heterocycles. The SMILES string of the molecule is Cc1ccc(NC(=O)Nc2ccc(Nc3cc(-n4ccnc4)nc(C)n3)cc2)c(C)c1. The Labute approximate surface area is 180 Å². The number of hydrogen-bond donors (Lipinski definition) is 3. The molecule has 8 heteroatoms. The molecule has 2 heterocycles. The van der Waals surface area contributed by atoms with Gasteiger partial charge in [-0.15, -0.1) is 0 Å². The van der Waals surface area contributed by atoms with Gasteiger partial charge >= 0.3 is 6.03 Å². The van der Waals surface area contributed by atoms with E-state index in [9.17, 15) is 4.79 Å². The lowest BCUT2D eigenvalue weighted by molar-refractivity contribution is 0.262. The summed E-state index contributed by atoms with van der Waals surface area (Å²) in [4.78, 5) is 25.2. The van der Waals surface area contributed by atoms with Gasteiger partial charge in [-0.3, -0.25) is 4.57 Å². The highest BCUT2D eigenvalue weighted by Crippen LogP contribution is 2.20. The first-order valence-electron chi connectivity index (χ1n) is 9.83. The molecule has 4 aromatic rings. The van der Waals surface area contributed by atoms with Gasteiger partial charge in [-0.05, 0) is 56.7 Å². The molecule has 0 atom stereocenters. The van der Waals surface area contributed by atoms with E-state index >= 15 is 0 Å². The van der Waals surface area contributed by atoms with Crippen LogP contribution in [0.3, 0.4) is 0 Å². The van der Waals surface area contributed by atoms with Crippen LogP contribution in [0.25, 0.3) is 5.82 Å². The van der Waals surface area contributed by atoms with Crippen LogP contribution in [-0.2, 0) is 0 Å². The monoisotopic (exact) mass is 413 g/mol. The molecule has 156 valence electrons. The Kier molecular flexibility index (Phi) is 5.61. The minimum atomic E-state index is -0.288. The lowest BCUT2D eigenvalue weighted by atomic mass is 10.1. The van der Waals surface area contributed by atoms with E-state index in [1.807, 2.05) is 80.1 Å². The molecule has 0 bridgehead atoms. The average molecular weight is 413 g/mol. The number of carbonyl (C=O) groups excluding carboxylic acids is 1. The number of aryl methyl sites for hydroxylation is 3. The minimum absolute atomic E-state index is 0.288. The molecule has 0 aliphatic heterocycles. The molecule has 0 spiro atoms. The van der Waals surface area contributed by atoms with E-state index in [2.05, 4.69) is 30.9 Å². The van der Waals surface area contributed by atoms with Crippen LogP contribution in [-0.4, -0.2) is 25.6 Å². The predicted molar refractivity (Wildman–Crippen MR) is 122 cm³/mol. The summed E-state index contributed by atoms with van der Waals surface area (Å²) in [6, 6.07) is 14.9. The highest BCUT2D eigenvalue weighted by molar-refractivity contribution is 6.00. The Morgan fingerprint density at radius 3 is 2.39 bits per heavy atom. The van der Waals surface area contributed by atoms with Crippen molar-refractivity contribution in [1.82, 2.24) is 19.5 Å². The fraction of sp³-hybridized carbons (Fsp3) is 0.130. The van der Waals surface area contributed by atoms with E-state index < -0.39 is 0 Å². The maximum absolute atomic E-state index is 12.3. The molecule has 2 aromatic carbocycles. The van der Waals surface area contributed by atoms with Gasteiger partial charge in [-0.1, -0.05) is 17.7 Å². The molecule has 2 aromatic heterocycles. The fourth-order valence-corrected chi connectivity index (χ4v) is 3.17. The molecule has 3 N–H and O–H groups in total. The van der Waals surface area contributed by atoms with Crippen molar-refractivity contribution in [1.29, 1.82) is 0 Å². The van der Waals surface area contributed by atoms with Gasteiger partial charge in [0, 0.05) is 35.5 Å². The van der Waals surface area contributed by atoms with Gasteiger partial charge in [0.2, 0.25) is 0 Å². The van der Waals surface area contributed by atoms with Crippen LogP contribution < -0.4 is 16.0 Å². The molecular weight excluding hydrogens is 390 g/mol. The smallest absolute Gasteiger partial charge is 0.323 e. The van der Waals surface area contributed by atoms with Crippen molar-refractivity contribution >= 4 is 28.9 Å². The first-order chi connectivity index (χ1) is 15.0. The van der Waals surface area contributed by atoms with Crippen molar-refractivity contribution in [3.63, 3.8) is 0 Å². The first-order valence-corrected chi connectivity index (χ1v) is 9.83. The quantitative estimate of drug-likeness (QED) is 0.429. The van der Waals surface area contributed by atoms with Gasteiger partial charge in [0.05, 0.1) is 0 Å². The second-order valence-electron chi connectivity index (χ2n) is 7.23. The van der Waals surface area contributed by atoms with Crippen LogP contribution in [0.5, 0.6) is 0 Å². The zero-order valence-electron chi connectivity index (χ0n) is 17.5. The van der Waals surface area contributed by atoms with E-state index in [1.165, 1.54) is 0 Å². The highest BCUT2D eigenvalue weighted by Gasteiger charge is 2.07. The second-order valence-corrected chi connectivity index (χ2v) is 7.23. The number of benzene rings is 2. The maximum atomic E-state index is 12.3. The standard InChI is InChI=1S/C23H23N7O/c1-15-4-9-20(16(2)12-15)29-23(31)28-19-7-5-18(6-8-19)27-21-13-22(26-17(3)25-21)30-11-10-24-14-30/h4-14H,1-3H3,(H,25,26,27)(H2,28,29,31). The third-order valence-corrected chi connectivity index (χ3v) is 4.64. The third kappa shape index (κ3) is 5.05. The number of anilines is 4. The number of nitrogens with one attached hydrogen (secondary N) is 3. The van der Waals surface area contributed by atoms with Crippen molar-refractivity contribution in [2.24, 2.45) is 0 Å². The highest BCUT2D eigenvalue weighted by atomic mass is 16.2. The summed E-state index contributed by atoms with van der Waals surface area (Å²) in [6.07, 6.45) is 5.22. The lowest BCUT2D eigenvalue weighted by Crippen LogP contribution is -2.19. The molecular formula is C23H23N7O. The van der Waals surface area contributed by atoms with Crippen LogP contribution in [0.1, 0.15) is 17.0 Å². The van der Waals surface area contributed by atoms with E-state index in [-0.39, 0.29) is 6.03 Å². The number of carbonyl (C=O) groups is 1. The molecule has 8 nitrogen and oxygen atoms in total. The normalized spacial score (nSPS) is 10.5. The number of hydrogen-bond acceptors (Lipinski definition) is 5. The van der Waals surface area contributed by atoms with Gasteiger partial charge in [-0.25, -0.2) is 19.7 Å². The minimum Gasteiger partial charge on any atom is -0.340 e. The van der Waals surface area contributed by atoms with Crippen LogP contribution in [0.15, 0.2) is 67.3 Å². The largest absolute Gasteiger partial charge is 0.340 e. The molecule has 0 fully saturated rings. The van der Waals surface area contributed by atoms with Crippen molar-refractivity contribution in [2.45, 2.75) is 20.8 Å². The van der Waals surface area contributed by atoms with Gasteiger partial charge in [-0.2, -0.15) is 0 Å². The third-order valence-electron chi connectivity index (χ3n) is 4.64. The number of imidazole rings is 1. The number of aromatic nitrogens is 4. The molecule has 31 heavy (non-hydrogen) atoms. The van der Waals surface area contributed by atoms with Crippen LogP contribution in [0, 0.1) is 20.8 Å². The van der Waals surface area contributed by atoms with Gasteiger partial charge < -0.3 is 16.0 Å². The Morgan fingerprint density at radius 2 is 1.68 bits per heavy atom. The zero-order chi connectivity index (χ0) is 21.8. The van der Waals surface area contributed by atoms with E-state index in [0.717, 1.165) is 28.3 Å². The summed E-state index contributed by atoms with van der Waals surface area (Å²) < 4.78 is 1.82. The second kappa shape index (κ2) is 8.66. The van der Waals surface area contributed by atoms with Crippen molar-refractivity contribution in [3.8, 4) is 5.82 Å². The van der Waals surface area contributed by atoms with Crippen LogP contribution in [0.4, 0.5) is 27.7 Å². The van der Waals surface area contributed by atoms with Crippen LogP contribution in [0.2, 0.25) is 0 Å². The summed E-state index contributed by atoms with van der Waals surface area (Å²) in [5.41, 5.74) is 4.49. The molecule has 4 rings (SSSR count). The first kappa shape index (κ1) is 20.1. The molecule has 0 radical (unpaired) electrons. The summed E-state index contributed by atoms with van der Waals surface area (Å²) >= 11 is 0. The van der Waals surface area contributed by atoms with Crippen molar-refractivity contribution in [2.75, 3.05) is 16.0 Å². The maximum Gasteiger partial charge on any atom is 0.323 e. The Balaban J connectivity index is 1.41. The Bertz CT molecular complexity index is 1200. The summed E-state index contributed by atoms with van der Waals surface area (Å²) in [7, 11) is 0. The van der Waals surface area contributed by atoms with E-state index in [0.29, 0.717) is 17.3 Å². The lowest BCUT2D eigenvalue weighted by Gasteiger charge is -2.12. The number of rotatable bonds is 5. The number of urea groups is 1. The topological polar surface area (TPSA) is 96.8 Å². The van der Waals surface area contributed by atoms with E-state index in [1.54, 1.807) is 12.5 Å². The zero-order valence-corrected chi connectivity index (χ0v) is 17.5. The molecule has 0 saturated carbocycles. The average Bonchev–Trinajstić information content (AvgIpc) is 3.26. The summed E-state index contributed by atoms with van der Waals surface area (Å²) in [5, 5.41) is 8.99. The molecule has 0 aliphatic rings. The fourth-order valence-electron chi connectivity index (χ4n) is 3.17. The van der Waals surface area contributed by atoms with Gasteiger partial charge in [0.25, 0.3) is 0 Å². The van der Waals surface area contributed by atoms with Gasteiger partial charge in [0.1, 0.15) is 23.8 Å². The van der Waals surface area contributed by atoms with Gasteiger partial charge in [0.15, 0.2) is 0 Å². The summed E-state index contributed by atoms with van der Waals surface area (Å²) in [5.74, 6) is 2.05. The predicted octanol–water partition coefficient (Wildman–Crippen LogP) is 4.98. The van der Waals surface area contributed by atoms with Crippen molar-refractivity contribution < 1.29 is 4.79 Å².